The highest BCUT2D eigenvalue weighted by Gasteiger charge is 1.83. The number of nitrogens with one attached hydrogen (secondary N) is 1. The van der Waals surface area contributed by atoms with Gasteiger partial charge in [0.05, 0.1) is 0 Å². The van der Waals surface area contributed by atoms with Gasteiger partial charge in [0.25, 0.3) is 0 Å². The summed E-state index contributed by atoms with van der Waals surface area (Å²) in [5, 5.41) is 3.08. The van der Waals surface area contributed by atoms with Gasteiger partial charge in [0, 0.05) is 18.9 Å². The van der Waals surface area contributed by atoms with Gasteiger partial charge in [-0.15, -0.1) is 0 Å². The molecule has 2 aromatic rings. The summed E-state index contributed by atoms with van der Waals surface area (Å²) in [6, 6.07) is 12.1. The molecule has 0 saturated carbocycles. The van der Waals surface area contributed by atoms with Crippen LogP contribution in [0.4, 0.5) is 0 Å². The first-order chi connectivity index (χ1) is 7.43. The largest absolute Gasteiger partial charge is 0.316 e. The van der Waals surface area contributed by atoms with E-state index >= 15 is 0 Å². The number of hydrogen-bond donors (Lipinski definition) is 1. The van der Waals surface area contributed by atoms with Gasteiger partial charge >= 0.3 is 0 Å². The smallest absolute Gasteiger partial charge is 0.115 e. The third kappa shape index (κ3) is 5.54. The van der Waals surface area contributed by atoms with Crippen molar-refractivity contribution in [2.45, 2.75) is 6.54 Å². The molecular weight excluding hydrogens is 186 g/mol. The summed E-state index contributed by atoms with van der Waals surface area (Å²) in [5.74, 6) is 0. The van der Waals surface area contributed by atoms with Crippen molar-refractivity contribution in [2.75, 3.05) is 7.05 Å². The minimum atomic E-state index is 0.959. The van der Waals surface area contributed by atoms with Gasteiger partial charge in [-0.3, -0.25) is 0 Å². The molecule has 0 atom stereocenters. The average Bonchev–Trinajstić information content (AvgIpc) is 2.34. The molecule has 3 heteroatoms. The lowest BCUT2D eigenvalue weighted by molar-refractivity contribution is 0.818. The van der Waals surface area contributed by atoms with E-state index in [1.165, 1.54) is 11.9 Å². The second-order valence-corrected chi connectivity index (χ2v) is 2.92. The Hall–Kier alpha value is -1.74. The molecule has 0 fully saturated rings. The molecule has 0 radical (unpaired) electrons. The SMILES string of the molecule is CNCc1ccccc1.c1cncnc1. The van der Waals surface area contributed by atoms with Crippen LogP contribution < -0.4 is 5.32 Å². The highest BCUT2D eigenvalue weighted by atomic mass is 14.8. The molecule has 1 heterocycles. The molecule has 78 valence electrons. The number of benzene rings is 1. The topological polar surface area (TPSA) is 37.8 Å². The molecular formula is C12H15N3. The monoisotopic (exact) mass is 201 g/mol. The van der Waals surface area contributed by atoms with E-state index in [2.05, 4.69) is 27.4 Å². The molecule has 0 aliphatic rings. The van der Waals surface area contributed by atoms with E-state index in [-0.39, 0.29) is 0 Å². The predicted molar refractivity (Wildman–Crippen MR) is 61.2 cm³/mol. The van der Waals surface area contributed by atoms with Crippen molar-refractivity contribution < 1.29 is 0 Å². The van der Waals surface area contributed by atoms with Crippen molar-refractivity contribution in [1.29, 1.82) is 0 Å². The van der Waals surface area contributed by atoms with E-state index in [1.54, 1.807) is 18.5 Å². The first-order valence-corrected chi connectivity index (χ1v) is 4.82. The van der Waals surface area contributed by atoms with Crippen LogP contribution in [0.25, 0.3) is 0 Å². The summed E-state index contributed by atoms with van der Waals surface area (Å²) in [7, 11) is 1.95. The highest BCUT2D eigenvalue weighted by Crippen LogP contribution is 1.95. The number of nitrogens with zero attached hydrogens (tertiary/aromatic N) is 2. The third-order valence-electron chi connectivity index (χ3n) is 1.70. The molecule has 1 N–H and O–H groups in total. The average molecular weight is 201 g/mol. The molecule has 0 unspecified atom stereocenters. The Bertz CT molecular complexity index is 308. The summed E-state index contributed by atoms with van der Waals surface area (Å²) in [4.78, 5) is 7.35. The Balaban J connectivity index is 0.000000162. The maximum absolute atomic E-state index is 3.67. The number of rotatable bonds is 2. The Kier molecular flexibility index (Phi) is 5.78. The normalized spacial score (nSPS) is 8.87. The van der Waals surface area contributed by atoms with Crippen LogP contribution in [0.15, 0.2) is 55.1 Å². The van der Waals surface area contributed by atoms with Gasteiger partial charge in [0.2, 0.25) is 0 Å². The van der Waals surface area contributed by atoms with Gasteiger partial charge in [0.15, 0.2) is 0 Å². The maximum Gasteiger partial charge on any atom is 0.115 e. The van der Waals surface area contributed by atoms with Crippen molar-refractivity contribution >= 4 is 0 Å². The van der Waals surface area contributed by atoms with Gasteiger partial charge < -0.3 is 5.32 Å². The van der Waals surface area contributed by atoms with Crippen molar-refractivity contribution in [3.8, 4) is 0 Å². The van der Waals surface area contributed by atoms with Crippen LogP contribution in [0, 0.1) is 0 Å². The molecule has 0 spiro atoms. The molecule has 0 aliphatic carbocycles. The second-order valence-electron chi connectivity index (χ2n) is 2.92. The standard InChI is InChI=1S/C8H11N.C4H4N2/c1-9-7-8-5-3-2-4-6-8;1-2-5-4-6-3-1/h2-6,9H,7H2,1H3;1-4H. The van der Waals surface area contributed by atoms with Gasteiger partial charge in [-0.25, -0.2) is 9.97 Å². The quantitative estimate of drug-likeness (QED) is 0.806. The van der Waals surface area contributed by atoms with Crippen molar-refractivity contribution in [1.82, 2.24) is 15.3 Å². The van der Waals surface area contributed by atoms with Crippen LogP contribution in [0.2, 0.25) is 0 Å². The van der Waals surface area contributed by atoms with E-state index in [0.717, 1.165) is 6.54 Å². The molecule has 1 aromatic heterocycles. The first kappa shape index (κ1) is 11.3. The lowest BCUT2D eigenvalue weighted by atomic mass is 10.2. The minimum absolute atomic E-state index is 0.959. The number of aromatic nitrogens is 2. The van der Waals surface area contributed by atoms with Crippen molar-refractivity contribution in [3.63, 3.8) is 0 Å². The van der Waals surface area contributed by atoms with E-state index in [9.17, 15) is 0 Å². The zero-order valence-corrected chi connectivity index (χ0v) is 8.80. The Labute approximate surface area is 90.2 Å². The lowest BCUT2D eigenvalue weighted by Gasteiger charge is -1.95. The van der Waals surface area contributed by atoms with Crippen LogP contribution in [-0.4, -0.2) is 17.0 Å². The van der Waals surface area contributed by atoms with Gasteiger partial charge in [-0.1, -0.05) is 30.3 Å². The molecule has 0 bridgehead atoms. The molecule has 0 amide bonds. The zero-order valence-electron chi connectivity index (χ0n) is 8.80. The van der Waals surface area contributed by atoms with Gasteiger partial charge in [0.1, 0.15) is 6.33 Å². The Morgan fingerprint density at radius 1 is 1.00 bits per heavy atom. The molecule has 0 saturated heterocycles. The summed E-state index contributed by atoms with van der Waals surface area (Å²) in [5.41, 5.74) is 1.33. The summed E-state index contributed by atoms with van der Waals surface area (Å²) < 4.78 is 0. The van der Waals surface area contributed by atoms with Gasteiger partial charge in [-0.05, 0) is 18.7 Å². The fourth-order valence-electron chi connectivity index (χ4n) is 1.05. The van der Waals surface area contributed by atoms with E-state index < -0.39 is 0 Å². The summed E-state index contributed by atoms with van der Waals surface area (Å²) in [6.07, 6.45) is 4.88. The van der Waals surface area contributed by atoms with Crippen LogP contribution in [0.5, 0.6) is 0 Å². The Morgan fingerprint density at radius 2 is 1.67 bits per heavy atom. The van der Waals surface area contributed by atoms with Crippen LogP contribution in [0.3, 0.4) is 0 Å². The molecule has 15 heavy (non-hydrogen) atoms. The number of hydrogen-bond acceptors (Lipinski definition) is 3. The summed E-state index contributed by atoms with van der Waals surface area (Å²) >= 11 is 0. The molecule has 1 aromatic carbocycles. The predicted octanol–water partition coefficient (Wildman–Crippen LogP) is 1.88. The first-order valence-electron chi connectivity index (χ1n) is 4.82. The minimum Gasteiger partial charge on any atom is -0.316 e. The van der Waals surface area contributed by atoms with Crippen molar-refractivity contribution in [2.24, 2.45) is 0 Å². The second kappa shape index (κ2) is 7.64. The van der Waals surface area contributed by atoms with E-state index in [1.807, 2.05) is 25.2 Å². The fourth-order valence-corrected chi connectivity index (χ4v) is 1.05. The molecule has 3 nitrogen and oxygen atoms in total. The highest BCUT2D eigenvalue weighted by molar-refractivity contribution is 5.13. The summed E-state index contributed by atoms with van der Waals surface area (Å²) in [6.45, 7) is 0.959. The Morgan fingerprint density at radius 3 is 2.07 bits per heavy atom. The third-order valence-corrected chi connectivity index (χ3v) is 1.70. The van der Waals surface area contributed by atoms with Gasteiger partial charge in [-0.2, -0.15) is 0 Å². The molecule has 2 rings (SSSR count). The lowest BCUT2D eigenvalue weighted by Crippen LogP contribution is -2.04. The van der Waals surface area contributed by atoms with E-state index in [4.69, 9.17) is 0 Å². The van der Waals surface area contributed by atoms with Crippen molar-refractivity contribution in [3.05, 3.63) is 60.7 Å². The van der Waals surface area contributed by atoms with Crippen LogP contribution in [0.1, 0.15) is 5.56 Å². The van der Waals surface area contributed by atoms with Crippen LogP contribution >= 0.6 is 0 Å². The van der Waals surface area contributed by atoms with Crippen LogP contribution in [-0.2, 0) is 6.54 Å². The maximum atomic E-state index is 3.67. The fraction of sp³-hybridized carbons (Fsp3) is 0.167. The van der Waals surface area contributed by atoms with E-state index in [0.29, 0.717) is 0 Å². The zero-order chi connectivity index (χ0) is 10.8. The molecule has 0 aliphatic heterocycles.